The molecule has 0 aromatic heterocycles. The number of halogens is 1. The van der Waals surface area contributed by atoms with E-state index in [0.717, 1.165) is 28.7 Å². The van der Waals surface area contributed by atoms with Gasteiger partial charge >= 0.3 is 0 Å². The van der Waals surface area contributed by atoms with Crippen LogP contribution in [0.4, 0.5) is 0 Å². The summed E-state index contributed by atoms with van der Waals surface area (Å²) in [5.74, 6) is 1.18. The van der Waals surface area contributed by atoms with Gasteiger partial charge in [-0.3, -0.25) is 4.79 Å². The highest BCUT2D eigenvalue weighted by Crippen LogP contribution is 2.32. The Bertz CT molecular complexity index is 766. The summed E-state index contributed by atoms with van der Waals surface area (Å²) in [5.41, 5.74) is 4.20. The molecule has 0 fully saturated rings. The molecule has 1 N–H and O–H groups in total. The second kappa shape index (κ2) is 8.39. The number of benzene rings is 2. The molecular formula is C21H25ClO3. The Hall–Kier alpha value is -2.00. The topological polar surface area (TPSA) is 46.5 Å². The first-order valence-corrected chi connectivity index (χ1v) is 8.94. The van der Waals surface area contributed by atoms with Crippen LogP contribution in [0.1, 0.15) is 55.9 Å². The molecule has 0 amide bonds. The van der Waals surface area contributed by atoms with Crippen LogP contribution in [-0.2, 0) is 17.6 Å². The van der Waals surface area contributed by atoms with E-state index in [4.69, 9.17) is 16.3 Å². The monoisotopic (exact) mass is 360 g/mol. The maximum atomic E-state index is 11.1. The van der Waals surface area contributed by atoms with Crippen molar-refractivity contribution in [2.45, 2.75) is 46.5 Å². The van der Waals surface area contributed by atoms with E-state index in [-0.39, 0.29) is 18.3 Å². The summed E-state index contributed by atoms with van der Waals surface area (Å²) < 4.78 is 5.50. The Kier molecular flexibility index (Phi) is 6.49. The van der Waals surface area contributed by atoms with Crippen LogP contribution >= 0.6 is 11.6 Å². The van der Waals surface area contributed by atoms with Gasteiger partial charge in [0, 0.05) is 5.02 Å². The minimum atomic E-state index is -0.0245. The van der Waals surface area contributed by atoms with Crippen molar-refractivity contribution in [3.63, 3.8) is 0 Å². The molecule has 0 bridgehead atoms. The highest BCUT2D eigenvalue weighted by Gasteiger charge is 2.13. The maximum Gasteiger partial charge on any atom is 0.167 e. The Labute approximate surface area is 154 Å². The number of aromatic hydroxyl groups is 1. The number of carbonyl (C=O) groups is 1. The first-order valence-electron chi connectivity index (χ1n) is 8.57. The molecular weight excluding hydrogens is 336 g/mol. The van der Waals surface area contributed by atoms with Gasteiger partial charge in [-0.2, -0.15) is 0 Å². The van der Waals surface area contributed by atoms with Crippen LogP contribution in [0.2, 0.25) is 5.02 Å². The largest absolute Gasteiger partial charge is 0.508 e. The number of phenolic OH excluding ortho intramolecular Hbond substituents is 1. The van der Waals surface area contributed by atoms with Crippen molar-refractivity contribution < 1.29 is 14.6 Å². The maximum absolute atomic E-state index is 11.1. The molecule has 2 aromatic carbocycles. The lowest BCUT2D eigenvalue weighted by Crippen LogP contribution is -2.07. The number of carbonyl (C=O) groups excluding carboxylic acids is 1. The second-order valence-electron chi connectivity index (χ2n) is 6.61. The highest BCUT2D eigenvalue weighted by atomic mass is 35.5. The van der Waals surface area contributed by atoms with E-state index in [9.17, 15) is 9.90 Å². The van der Waals surface area contributed by atoms with Gasteiger partial charge in [-0.05, 0) is 66.1 Å². The SMILES string of the molecule is CCc1cc(OCC(C)=O)cc(Cl)c1Cc1ccc(O)c(C(C)C)c1. The van der Waals surface area contributed by atoms with E-state index in [1.807, 2.05) is 18.2 Å². The Morgan fingerprint density at radius 3 is 2.56 bits per heavy atom. The molecule has 134 valence electrons. The Morgan fingerprint density at radius 1 is 1.24 bits per heavy atom. The molecule has 0 saturated carbocycles. The third-order valence-corrected chi connectivity index (χ3v) is 4.52. The minimum Gasteiger partial charge on any atom is -0.508 e. The van der Waals surface area contributed by atoms with Crippen molar-refractivity contribution in [1.29, 1.82) is 0 Å². The summed E-state index contributed by atoms with van der Waals surface area (Å²) in [5, 5.41) is 10.6. The molecule has 2 aromatic rings. The number of Topliss-reactive ketones (excluding diaryl/α,β-unsaturated/α-hetero) is 1. The standard InChI is InChI=1S/C21H25ClO3/c1-5-16-10-17(25-12-14(4)23)11-20(22)19(16)9-15-6-7-21(24)18(8-15)13(2)3/h6-8,10-11,13,24H,5,9,12H2,1-4H3. The van der Waals surface area contributed by atoms with Crippen LogP contribution in [0.25, 0.3) is 0 Å². The Morgan fingerprint density at radius 2 is 1.96 bits per heavy atom. The third kappa shape index (κ3) is 4.99. The molecule has 0 aliphatic heterocycles. The summed E-state index contributed by atoms with van der Waals surface area (Å²) in [4.78, 5) is 11.1. The fourth-order valence-corrected chi connectivity index (χ4v) is 3.12. The van der Waals surface area contributed by atoms with Crippen molar-refractivity contribution >= 4 is 17.4 Å². The first kappa shape index (κ1) is 19.3. The van der Waals surface area contributed by atoms with Crippen molar-refractivity contribution in [3.8, 4) is 11.5 Å². The smallest absolute Gasteiger partial charge is 0.167 e. The summed E-state index contributed by atoms with van der Waals surface area (Å²) in [6.45, 7) is 7.73. The van der Waals surface area contributed by atoms with E-state index in [1.54, 1.807) is 12.1 Å². The summed E-state index contributed by atoms with van der Waals surface area (Å²) >= 11 is 6.50. The van der Waals surface area contributed by atoms with Gasteiger partial charge in [0.15, 0.2) is 5.78 Å². The van der Waals surface area contributed by atoms with Crippen LogP contribution in [0.3, 0.4) is 0 Å². The van der Waals surface area contributed by atoms with Crippen LogP contribution in [0, 0.1) is 0 Å². The zero-order valence-electron chi connectivity index (χ0n) is 15.2. The number of phenols is 1. The normalized spacial score (nSPS) is 11.0. The molecule has 4 heteroatoms. The third-order valence-electron chi connectivity index (χ3n) is 4.18. The van der Waals surface area contributed by atoms with Crippen molar-refractivity contribution in [1.82, 2.24) is 0 Å². The van der Waals surface area contributed by atoms with Crippen LogP contribution in [-0.4, -0.2) is 17.5 Å². The molecule has 25 heavy (non-hydrogen) atoms. The molecule has 0 atom stereocenters. The highest BCUT2D eigenvalue weighted by molar-refractivity contribution is 6.31. The predicted molar refractivity (Wildman–Crippen MR) is 102 cm³/mol. The average molecular weight is 361 g/mol. The van der Waals surface area contributed by atoms with Gasteiger partial charge in [-0.1, -0.05) is 44.5 Å². The zero-order valence-corrected chi connectivity index (χ0v) is 16.0. The van der Waals surface area contributed by atoms with Crippen molar-refractivity contribution in [3.05, 3.63) is 57.6 Å². The second-order valence-corrected chi connectivity index (χ2v) is 7.02. The van der Waals surface area contributed by atoms with Gasteiger partial charge in [-0.15, -0.1) is 0 Å². The van der Waals surface area contributed by atoms with Crippen LogP contribution in [0.5, 0.6) is 11.5 Å². The molecule has 0 aliphatic rings. The van der Waals surface area contributed by atoms with Gasteiger partial charge in [0.25, 0.3) is 0 Å². The van der Waals surface area contributed by atoms with Crippen molar-refractivity contribution in [2.24, 2.45) is 0 Å². The number of hydrogen-bond acceptors (Lipinski definition) is 3. The van der Waals surface area contributed by atoms with E-state index >= 15 is 0 Å². The lowest BCUT2D eigenvalue weighted by Gasteiger charge is -2.15. The van der Waals surface area contributed by atoms with Crippen LogP contribution < -0.4 is 4.74 Å². The summed E-state index contributed by atoms with van der Waals surface area (Å²) in [7, 11) is 0. The summed E-state index contributed by atoms with van der Waals surface area (Å²) in [6.07, 6.45) is 1.51. The Balaban J connectivity index is 2.33. The molecule has 0 heterocycles. The van der Waals surface area contributed by atoms with E-state index in [1.165, 1.54) is 6.92 Å². The minimum absolute atomic E-state index is 0.0245. The molecule has 0 aliphatic carbocycles. The fourth-order valence-electron chi connectivity index (χ4n) is 2.83. The van der Waals surface area contributed by atoms with Gasteiger partial charge in [0.05, 0.1) is 0 Å². The molecule has 0 spiro atoms. The molecule has 0 radical (unpaired) electrons. The van der Waals surface area contributed by atoms with E-state index in [2.05, 4.69) is 20.8 Å². The molecule has 0 saturated heterocycles. The van der Waals surface area contributed by atoms with Gasteiger partial charge in [0.2, 0.25) is 0 Å². The van der Waals surface area contributed by atoms with Crippen molar-refractivity contribution in [2.75, 3.05) is 6.61 Å². The molecule has 3 nitrogen and oxygen atoms in total. The number of hydrogen-bond donors (Lipinski definition) is 1. The predicted octanol–water partition coefficient (Wildman–Crippen LogP) is 5.29. The first-order chi connectivity index (χ1) is 11.8. The quantitative estimate of drug-likeness (QED) is 0.729. The van der Waals surface area contributed by atoms with Gasteiger partial charge < -0.3 is 9.84 Å². The number of rotatable bonds is 7. The van der Waals surface area contributed by atoms with Gasteiger partial charge in [-0.25, -0.2) is 0 Å². The lowest BCUT2D eigenvalue weighted by molar-refractivity contribution is -0.118. The fraction of sp³-hybridized carbons (Fsp3) is 0.381. The number of ketones is 1. The average Bonchev–Trinajstić information content (AvgIpc) is 2.56. The number of aryl methyl sites for hydroxylation is 1. The molecule has 0 unspecified atom stereocenters. The molecule has 2 rings (SSSR count). The van der Waals surface area contributed by atoms with Crippen LogP contribution in [0.15, 0.2) is 30.3 Å². The lowest BCUT2D eigenvalue weighted by atomic mass is 9.94. The summed E-state index contributed by atoms with van der Waals surface area (Å²) in [6, 6.07) is 9.43. The van der Waals surface area contributed by atoms with E-state index < -0.39 is 0 Å². The zero-order chi connectivity index (χ0) is 18.6. The van der Waals surface area contributed by atoms with Gasteiger partial charge in [0.1, 0.15) is 18.1 Å². The number of ether oxygens (including phenoxy) is 1. The van der Waals surface area contributed by atoms with E-state index in [0.29, 0.717) is 22.9 Å².